The normalized spacial score (nSPS) is 50.5. The second-order valence-electron chi connectivity index (χ2n) is 16.3. The molecule has 8 heterocycles. The van der Waals surface area contributed by atoms with Gasteiger partial charge in [-0.3, -0.25) is 4.79 Å². The molecule has 1 amide bonds. The summed E-state index contributed by atoms with van der Waals surface area (Å²) in [5.74, 6) is -12.1. The van der Waals surface area contributed by atoms with Gasteiger partial charge in [0.2, 0.25) is 23.6 Å². The highest BCUT2D eigenvalue weighted by molar-refractivity contribution is 5.95. The van der Waals surface area contributed by atoms with Crippen LogP contribution < -0.4 is 5.32 Å². The average Bonchev–Trinajstić information content (AvgIpc) is 3.42. The van der Waals surface area contributed by atoms with Gasteiger partial charge in [-0.15, -0.1) is 0 Å². The Kier molecular flexibility index (Phi) is 8.27. The number of amides is 1. The molecule has 0 aromatic carbocycles. The predicted molar refractivity (Wildman–Crippen MR) is 158 cm³/mol. The van der Waals surface area contributed by atoms with Gasteiger partial charge in [-0.2, -0.15) is 26.3 Å². The van der Waals surface area contributed by atoms with E-state index < -0.39 is 102 Å². The van der Waals surface area contributed by atoms with E-state index in [-0.39, 0.29) is 30.1 Å². The molecule has 0 aromatic rings. The molecule has 10 rings (SSSR count). The molecule has 4 bridgehead atoms. The van der Waals surface area contributed by atoms with Crippen molar-refractivity contribution in [2.45, 2.75) is 139 Å². The van der Waals surface area contributed by atoms with Gasteiger partial charge in [0.25, 0.3) is 11.7 Å². The molecule has 10 aliphatic rings. The second kappa shape index (κ2) is 11.6. The number of alkyl halides is 6. The number of carbonyl (C=O) groups excluding carboxylic acids is 1. The molecule has 51 heavy (non-hydrogen) atoms. The lowest BCUT2D eigenvalue weighted by Crippen LogP contribution is -2.76. The van der Waals surface area contributed by atoms with Crippen molar-refractivity contribution >= 4 is 5.91 Å². The molecule has 2 spiro atoms. The van der Waals surface area contributed by atoms with Crippen molar-refractivity contribution < 1.29 is 74.4 Å². The number of hydrogen-bond acceptors (Lipinski definition) is 10. The molecule has 288 valence electrons. The van der Waals surface area contributed by atoms with Crippen LogP contribution in [-0.4, -0.2) is 72.6 Å². The standard InChI is InChI=1S/C34H45F6NO10/c1-16-6-8-21-18(3)32(34(38,39)40,47-27-30(21)19(16)10-13-29(5,46-27)49-50-30)43-15-14-41-25(42)23-22-9-7-17(2)20-11-12-28(4)45-26(31(20,22)51-48-28)44-24(23)33(35,36)37/h16-22,26-27H,6-15H2,1-5H3,(H,41,42)/t16-,17-,18-,19?,20?,21+,22+,26-,27+,28+,29+,30-,31-,32-/m1/s1. The summed E-state index contributed by atoms with van der Waals surface area (Å²) in [6.07, 6.45) is -9.63. The molecule has 14 atom stereocenters. The maximum atomic E-state index is 15.2. The SMILES string of the molecule is C[C@@H]1CC[C@H]2C(C(=O)NCCO[C@@]3(C(F)(F)F)O[C@@H]4O[C@]5(C)CCC6[C@H](C)CC[C@@H]([C@H]3C)[C@]64OO5)=C(C(F)(F)F)O[C@@H]3O[C@]4(C)CCC1[C@]32OO4. The van der Waals surface area contributed by atoms with E-state index in [1.807, 2.05) is 13.8 Å². The van der Waals surface area contributed by atoms with Crippen LogP contribution in [0.5, 0.6) is 0 Å². The van der Waals surface area contributed by atoms with Gasteiger partial charge in [0.15, 0.2) is 17.5 Å². The number of ether oxygens (including phenoxy) is 5. The Morgan fingerprint density at radius 1 is 0.765 bits per heavy atom. The maximum absolute atomic E-state index is 15.2. The highest BCUT2D eigenvalue weighted by atomic mass is 19.4. The van der Waals surface area contributed by atoms with Gasteiger partial charge in [0.05, 0.1) is 12.2 Å². The summed E-state index contributed by atoms with van der Waals surface area (Å²) in [5.41, 5.74) is -3.54. The van der Waals surface area contributed by atoms with E-state index in [4.69, 9.17) is 43.2 Å². The number of allylic oxidation sites excluding steroid dienone is 1. The van der Waals surface area contributed by atoms with Crippen LogP contribution in [0.3, 0.4) is 0 Å². The highest BCUT2D eigenvalue weighted by Crippen LogP contribution is 2.65. The van der Waals surface area contributed by atoms with Crippen LogP contribution in [-0.2, 0) is 48.0 Å². The van der Waals surface area contributed by atoms with Crippen molar-refractivity contribution in [3.63, 3.8) is 0 Å². The fourth-order valence-corrected chi connectivity index (χ4v) is 10.8. The summed E-state index contributed by atoms with van der Waals surface area (Å²) in [7, 11) is 0. The molecule has 2 aliphatic carbocycles. The third-order valence-corrected chi connectivity index (χ3v) is 13.4. The first-order valence-corrected chi connectivity index (χ1v) is 18.0. The Bertz CT molecular complexity index is 1460. The molecule has 2 saturated carbocycles. The van der Waals surface area contributed by atoms with Crippen LogP contribution in [0.1, 0.15) is 86.0 Å². The summed E-state index contributed by atoms with van der Waals surface area (Å²) >= 11 is 0. The van der Waals surface area contributed by atoms with Crippen molar-refractivity contribution in [1.29, 1.82) is 0 Å². The zero-order chi connectivity index (χ0) is 36.6. The Morgan fingerprint density at radius 3 is 1.98 bits per heavy atom. The van der Waals surface area contributed by atoms with Crippen LogP contribution in [0.2, 0.25) is 0 Å². The van der Waals surface area contributed by atoms with Crippen molar-refractivity contribution in [2.75, 3.05) is 13.2 Å². The Hall–Kier alpha value is -1.73. The Labute approximate surface area is 291 Å². The van der Waals surface area contributed by atoms with E-state index in [0.717, 1.165) is 0 Å². The summed E-state index contributed by atoms with van der Waals surface area (Å²) in [6, 6.07) is 0. The van der Waals surface area contributed by atoms with Gasteiger partial charge < -0.3 is 29.0 Å². The number of hydrogen-bond donors (Lipinski definition) is 1. The fourth-order valence-electron chi connectivity index (χ4n) is 10.8. The second-order valence-corrected chi connectivity index (χ2v) is 16.3. The van der Waals surface area contributed by atoms with E-state index in [1.165, 1.54) is 6.92 Å². The molecule has 1 N–H and O–H groups in total. The minimum absolute atomic E-state index is 0.00445. The molecule has 0 aromatic heterocycles. The minimum Gasteiger partial charge on any atom is -0.456 e. The first kappa shape index (κ1) is 36.3. The molecule has 11 nitrogen and oxygen atoms in total. The smallest absolute Gasteiger partial charge is 0.449 e. The lowest BCUT2D eigenvalue weighted by atomic mass is 9.57. The molecule has 7 saturated heterocycles. The fraction of sp³-hybridized carbons (Fsp3) is 0.912. The quantitative estimate of drug-likeness (QED) is 0.195. The van der Waals surface area contributed by atoms with E-state index in [1.54, 1.807) is 13.8 Å². The number of rotatable bonds is 5. The van der Waals surface area contributed by atoms with Crippen molar-refractivity contribution in [3.8, 4) is 0 Å². The minimum atomic E-state index is -5.09. The van der Waals surface area contributed by atoms with Gasteiger partial charge in [-0.1, -0.05) is 20.8 Å². The lowest BCUT2D eigenvalue weighted by molar-refractivity contribution is -0.598. The number of halogens is 6. The third kappa shape index (κ3) is 5.11. The van der Waals surface area contributed by atoms with Crippen molar-refractivity contribution in [2.24, 2.45) is 41.4 Å². The Morgan fingerprint density at radius 2 is 1.35 bits per heavy atom. The van der Waals surface area contributed by atoms with Crippen LogP contribution in [0.25, 0.3) is 0 Å². The summed E-state index contributed by atoms with van der Waals surface area (Å²) < 4.78 is 118. The molecular weight excluding hydrogens is 696 g/mol. The lowest BCUT2D eigenvalue weighted by Gasteiger charge is -2.62. The average molecular weight is 742 g/mol. The van der Waals surface area contributed by atoms with E-state index in [9.17, 15) is 18.0 Å². The Balaban J connectivity index is 1.05. The van der Waals surface area contributed by atoms with Gasteiger partial charge in [0.1, 0.15) is 0 Å². The zero-order valence-electron chi connectivity index (χ0n) is 29.1. The third-order valence-electron chi connectivity index (χ3n) is 13.4. The molecule has 8 aliphatic heterocycles. The molecule has 17 heteroatoms. The summed E-state index contributed by atoms with van der Waals surface area (Å²) in [5, 5.41) is 2.37. The van der Waals surface area contributed by atoms with Crippen LogP contribution >= 0.6 is 0 Å². The van der Waals surface area contributed by atoms with Crippen molar-refractivity contribution in [1.82, 2.24) is 5.32 Å². The maximum Gasteiger partial charge on any atom is 0.449 e. The van der Waals surface area contributed by atoms with Crippen molar-refractivity contribution in [3.05, 3.63) is 11.3 Å². The van der Waals surface area contributed by atoms with Crippen LogP contribution in [0, 0.1) is 41.4 Å². The number of carbonyl (C=O) groups is 1. The van der Waals surface area contributed by atoms with Gasteiger partial charge >= 0.3 is 12.4 Å². The van der Waals surface area contributed by atoms with Crippen LogP contribution in [0.4, 0.5) is 26.3 Å². The van der Waals surface area contributed by atoms with Gasteiger partial charge in [0, 0.05) is 43.1 Å². The van der Waals surface area contributed by atoms with Crippen LogP contribution in [0.15, 0.2) is 11.3 Å². The zero-order valence-corrected chi connectivity index (χ0v) is 29.1. The van der Waals surface area contributed by atoms with E-state index in [0.29, 0.717) is 44.9 Å². The monoisotopic (exact) mass is 741 g/mol. The van der Waals surface area contributed by atoms with E-state index in [2.05, 4.69) is 5.32 Å². The molecule has 9 fully saturated rings. The number of fused-ring (bicyclic) bond motifs is 4. The highest BCUT2D eigenvalue weighted by Gasteiger charge is 2.77. The summed E-state index contributed by atoms with van der Waals surface area (Å²) in [6.45, 7) is 7.21. The predicted octanol–water partition coefficient (Wildman–Crippen LogP) is 6.32. The van der Waals surface area contributed by atoms with Gasteiger partial charge in [-0.25, -0.2) is 19.6 Å². The summed E-state index contributed by atoms with van der Waals surface area (Å²) in [4.78, 5) is 37.0. The molecule has 2 unspecified atom stereocenters. The first-order valence-electron chi connectivity index (χ1n) is 18.0. The topological polar surface area (TPSA) is 112 Å². The largest absolute Gasteiger partial charge is 0.456 e. The first-order chi connectivity index (χ1) is 23.8. The molecular formula is C34H45F6NO10. The number of nitrogens with one attached hydrogen (secondary N) is 1. The van der Waals surface area contributed by atoms with Gasteiger partial charge in [-0.05, 0) is 70.1 Å². The van der Waals surface area contributed by atoms with E-state index >= 15 is 13.2 Å². The molecule has 0 radical (unpaired) electrons.